The van der Waals surface area contributed by atoms with E-state index >= 15 is 0 Å². The molecule has 19 heavy (non-hydrogen) atoms. The van der Waals surface area contributed by atoms with Crippen LogP contribution in [0.2, 0.25) is 4.34 Å². The third kappa shape index (κ3) is 3.20. The van der Waals surface area contributed by atoms with Crippen LogP contribution in [0.1, 0.15) is 23.0 Å². The van der Waals surface area contributed by atoms with Crippen molar-refractivity contribution in [1.29, 1.82) is 0 Å². The summed E-state index contributed by atoms with van der Waals surface area (Å²) in [6.45, 7) is 1.96. The Morgan fingerprint density at radius 2 is 2.26 bits per heavy atom. The molecular formula is C12H13ClN2O3S. The summed E-state index contributed by atoms with van der Waals surface area (Å²) >= 11 is 6.98. The van der Waals surface area contributed by atoms with Crippen molar-refractivity contribution in [3.63, 3.8) is 0 Å². The van der Waals surface area contributed by atoms with E-state index in [2.05, 4.69) is 5.32 Å². The highest BCUT2D eigenvalue weighted by atomic mass is 35.5. The van der Waals surface area contributed by atoms with Gasteiger partial charge < -0.3 is 0 Å². The van der Waals surface area contributed by atoms with Gasteiger partial charge in [-0.1, -0.05) is 18.5 Å². The Morgan fingerprint density at radius 1 is 1.53 bits per heavy atom. The van der Waals surface area contributed by atoms with Crippen molar-refractivity contribution < 1.29 is 14.4 Å². The van der Waals surface area contributed by atoms with Crippen LogP contribution in [0.3, 0.4) is 0 Å². The third-order valence-electron chi connectivity index (χ3n) is 2.93. The Morgan fingerprint density at radius 3 is 2.84 bits per heavy atom. The van der Waals surface area contributed by atoms with Crippen molar-refractivity contribution in [1.82, 2.24) is 10.2 Å². The molecule has 1 aliphatic rings. The average molecular weight is 301 g/mol. The van der Waals surface area contributed by atoms with Crippen LogP contribution in [-0.2, 0) is 9.59 Å². The van der Waals surface area contributed by atoms with Crippen molar-refractivity contribution in [2.24, 2.45) is 0 Å². The quantitative estimate of drug-likeness (QED) is 0.673. The molecule has 1 unspecified atom stereocenters. The number of piperazine rings is 1. The maximum atomic E-state index is 12.1. The molecule has 2 heterocycles. The van der Waals surface area contributed by atoms with E-state index in [-0.39, 0.29) is 30.7 Å². The summed E-state index contributed by atoms with van der Waals surface area (Å²) < 4.78 is 0.544. The zero-order valence-corrected chi connectivity index (χ0v) is 11.9. The van der Waals surface area contributed by atoms with Crippen LogP contribution in [0.4, 0.5) is 0 Å². The Kier molecular flexibility index (Phi) is 4.34. The molecule has 1 fully saturated rings. The molecule has 0 aliphatic carbocycles. The summed E-state index contributed by atoms with van der Waals surface area (Å²) in [7, 11) is 0. The number of Topliss-reactive ketones (excluding diaryl/α,β-unsaturated/α-hetero) is 1. The van der Waals surface area contributed by atoms with Crippen molar-refractivity contribution in [3.05, 3.63) is 21.3 Å². The highest BCUT2D eigenvalue weighted by Gasteiger charge is 2.33. The number of hydrogen-bond donors (Lipinski definition) is 1. The average Bonchev–Trinajstić information content (AvgIpc) is 2.75. The zero-order chi connectivity index (χ0) is 14.0. The minimum absolute atomic E-state index is 0.0501. The molecule has 0 bridgehead atoms. The molecule has 1 aromatic rings. The monoisotopic (exact) mass is 300 g/mol. The van der Waals surface area contributed by atoms with E-state index in [9.17, 15) is 14.4 Å². The van der Waals surface area contributed by atoms with E-state index in [0.717, 1.165) is 0 Å². The number of amides is 2. The van der Waals surface area contributed by atoms with Gasteiger partial charge in [-0.05, 0) is 18.6 Å². The first-order valence-electron chi connectivity index (χ1n) is 5.87. The summed E-state index contributed by atoms with van der Waals surface area (Å²) in [5.41, 5.74) is 0. The van der Waals surface area contributed by atoms with Crippen molar-refractivity contribution in [3.8, 4) is 0 Å². The van der Waals surface area contributed by atoms with Gasteiger partial charge in [0.05, 0.1) is 28.3 Å². The lowest BCUT2D eigenvalue weighted by atomic mass is 10.1. The minimum Gasteiger partial charge on any atom is -0.294 e. The predicted molar refractivity (Wildman–Crippen MR) is 72.5 cm³/mol. The topological polar surface area (TPSA) is 66.5 Å². The number of hydrogen-bond acceptors (Lipinski definition) is 5. The van der Waals surface area contributed by atoms with Gasteiger partial charge in [-0.3, -0.25) is 24.6 Å². The number of nitrogens with zero attached hydrogens (tertiary/aromatic N) is 1. The first kappa shape index (κ1) is 14.2. The molecule has 0 radical (unpaired) electrons. The number of thiophene rings is 1. The van der Waals surface area contributed by atoms with Crippen LogP contribution < -0.4 is 5.32 Å². The van der Waals surface area contributed by atoms with Gasteiger partial charge in [-0.15, -0.1) is 11.3 Å². The van der Waals surface area contributed by atoms with Crippen molar-refractivity contribution in [2.75, 3.05) is 13.1 Å². The number of imide groups is 1. The molecule has 2 amide bonds. The number of carbonyl (C=O) groups excluding carboxylic acids is 3. The van der Waals surface area contributed by atoms with E-state index in [1.165, 1.54) is 11.3 Å². The number of halogens is 1. The first-order chi connectivity index (χ1) is 9.01. The molecule has 5 nitrogen and oxygen atoms in total. The Balaban J connectivity index is 2.09. The van der Waals surface area contributed by atoms with Crippen molar-refractivity contribution >= 4 is 40.5 Å². The van der Waals surface area contributed by atoms with E-state index in [1.807, 2.05) is 6.92 Å². The molecule has 1 aliphatic heterocycles. The second kappa shape index (κ2) is 5.81. The van der Waals surface area contributed by atoms with Gasteiger partial charge in [-0.2, -0.15) is 0 Å². The Labute approximate surface area is 119 Å². The van der Waals surface area contributed by atoms with Gasteiger partial charge in [0, 0.05) is 0 Å². The molecule has 102 valence electrons. The van der Waals surface area contributed by atoms with Crippen LogP contribution in [0, 0.1) is 0 Å². The smallest absolute Gasteiger partial charge is 0.243 e. The Bertz CT molecular complexity index is 529. The molecule has 1 aromatic heterocycles. The second-order valence-electron chi connectivity index (χ2n) is 4.27. The van der Waals surface area contributed by atoms with Gasteiger partial charge in [0.1, 0.15) is 0 Å². The largest absolute Gasteiger partial charge is 0.294 e. The van der Waals surface area contributed by atoms with Crippen LogP contribution in [0.15, 0.2) is 12.1 Å². The fourth-order valence-electron chi connectivity index (χ4n) is 2.06. The fraction of sp³-hybridized carbons (Fsp3) is 0.417. The molecule has 7 heteroatoms. The van der Waals surface area contributed by atoms with Gasteiger partial charge in [0.2, 0.25) is 11.8 Å². The lowest BCUT2D eigenvalue weighted by molar-refractivity contribution is -0.139. The standard InChI is InChI=1S/C12H13ClN2O3S/c1-2-7-12(18)14-11(17)6-15(7)5-8(16)9-3-4-10(13)19-9/h3-4,7H,2,5-6H2,1H3,(H,14,17,18). The van der Waals surface area contributed by atoms with Crippen LogP contribution in [0.25, 0.3) is 0 Å². The van der Waals surface area contributed by atoms with Gasteiger partial charge >= 0.3 is 0 Å². The molecule has 1 saturated heterocycles. The maximum Gasteiger partial charge on any atom is 0.243 e. The molecular weight excluding hydrogens is 288 g/mol. The molecule has 0 saturated carbocycles. The van der Waals surface area contributed by atoms with E-state index < -0.39 is 6.04 Å². The Hall–Kier alpha value is -1.24. The zero-order valence-electron chi connectivity index (χ0n) is 10.3. The summed E-state index contributed by atoms with van der Waals surface area (Å²) in [6, 6.07) is 2.88. The predicted octanol–water partition coefficient (Wildman–Crippen LogP) is 1.32. The maximum absolute atomic E-state index is 12.1. The second-order valence-corrected chi connectivity index (χ2v) is 5.98. The van der Waals surface area contributed by atoms with E-state index in [1.54, 1.807) is 17.0 Å². The number of carbonyl (C=O) groups is 3. The normalized spacial score (nSPS) is 20.4. The van der Waals surface area contributed by atoms with Crippen molar-refractivity contribution in [2.45, 2.75) is 19.4 Å². The summed E-state index contributed by atoms with van der Waals surface area (Å²) in [4.78, 5) is 37.2. The molecule has 1 atom stereocenters. The fourth-order valence-corrected chi connectivity index (χ4v) is 3.03. The first-order valence-corrected chi connectivity index (χ1v) is 7.07. The summed E-state index contributed by atoms with van der Waals surface area (Å²) in [6.07, 6.45) is 0.553. The molecule has 1 N–H and O–H groups in total. The van der Waals surface area contributed by atoms with Crippen LogP contribution in [-0.4, -0.2) is 41.6 Å². The van der Waals surface area contributed by atoms with Gasteiger partial charge in [0.15, 0.2) is 5.78 Å². The third-order valence-corrected chi connectivity index (χ3v) is 4.21. The highest BCUT2D eigenvalue weighted by molar-refractivity contribution is 7.18. The number of nitrogens with one attached hydrogen (secondary N) is 1. The van der Waals surface area contributed by atoms with Gasteiger partial charge in [0.25, 0.3) is 0 Å². The lowest BCUT2D eigenvalue weighted by Gasteiger charge is -2.32. The molecule has 0 aromatic carbocycles. The number of rotatable bonds is 4. The summed E-state index contributed by atoms with van der Waals surface area (Å²) in [5, 5.41) is 2.28. The minimum atomic E-state index is -0.433. The lowest BCUT2D eigenvalue weighted by Crippen LogP contribution is -2.58. The molecule has 2 rings (SSSR count). The molecule has 0 spiro atoms. The van der Waals surface area contributed by atoms with Gasteiger partial charge in [-0.25, -0.2) is 0 Å². The van der Waals surface area contributed by atoms with E-state index in [0.29, 0.717) is 15.6 Å². The highest BCUT2D eigenvalue weighted by Crippen LogP contribution is 2.22. The summed E-state index contributed by atoms with van der Waals surface area (Å²) in [5.74, 6) is -0.833. The van der Waals surface area contributed by atoms with E-state index in [4.69, 9.17) is 11.6 Å². The van der Waals surface area contributed by atoms with Crippen LogP contribution >= 0.6 is 22.9 Å². The van der Waals surface area contributed by atoms with Crippen LogP contribution in [0.5, 0.6) is 0 Å². The SMILES string of the molecule is CCC1C(=O)NC(=O)CN1CC(=O)c1ccc(Cl)s1. The number of ketones is 1.